The van der Waals surface area contributed by atoms with Gasteiger partial charge < -0.3 is 24.8 Å². The highest BCUT2D eigenvalue weighted by molar-refractivity contribution is 14.0. The predicted molar refractivity (Wildman–Crippen MR) is 133 cm³/mol. The molecule has 3 rings (SSSR count). The second-order valence-electron chi connectivity index (χ2n) is 7.53. The van der Waals surface area contributed by atoms with Gasteiger partial charge in [-0.05, 0) is 37.1 Å². The van der Waals surface area contributed by atoms with E-state index in [9.17, 15) is 9.59 Å². The molecule has 0 radical (unpaired) electrons. The summed E-state index contributed by atoms with van der Waals surface area (Å²) in [5, 5.41) is 3.91. The fraction of sp³-hybridized carbons (Fsp3) is 0.571. The molecule has 0 aliphatic carbocycles. The van der Waals surface area contributed by atoms with Crippen molar-refractivity contribution in [3.8, 4) is 0 Å². The number of amides is 1. The number of aliphatic imine (C=N–C) groups is 1. The van der Waals surface area contributed by atoms with E-state index in [4.69, 9.17) is 16.3 Å². The summed E-state index contributed by atoms with van der Waals surface area (Å²) in [6.07, 6.45) is 1.46. The number of nitrogens with zero attached hydrogens (tertiary/aromatic N) is 4. The maximum atomic E-state index is 12.7. The first-order valence-electron chi connectivity index (χ1n) is 10.3. The molecule has 2 fully saturated rings. The van der Waals surface area contributed by atoms with Gasteiger partial charge in [-0.1, -0.05) is 11.6 Å². The zero-order valence-electron chi connectivity index (χ0n) is 18.1. The van der Waals surface area contributed by atoms with Crippen LogP contribution in [0.2, 0.25) is 5.02 Å². The van der Waals surface area contributed by atoms with Gasteiger partial charge >= 0.3 is 5.97 Å². The number of benzene rings is 1. The van der Waals surface area contributed by atoms with Crippen molar-refractivity contribution in [3.63, 3.8) is 0 Å². The van der Waals surface area contributed by atoms with Gasteiger partial charge in [-0.15, -0.1) is 24.0 Å². The summed E-state index contributed by atoms with van der Waals surface area (Å²) in [4.78, 5) is 34.9. The minimum Gasteiger partial charge on any atom is -0.469 e. The van der Waals surface area contributed by atoms with Gasteiger partial charge in [0, 0.05) is 57.0 Å². The molecule has 0 bridgehead atoms. The molecule has 172 valence electrons. The van der Waals surface area contributed by atoms with Gasteiger partial charge in [0.2, 0.25) is 5.91 Å². The van der Waals surface area contributed by atoms with Crippen LogP contribution >= 0.6 is 35.6 Å². The van der Waals surface area contributed by atoms with E-state index < -0.39 is 0 Å². The van der Waals surface area contributed by atoms with Crippen molar-refractivity contribution in [2.24, 2.45) is 10.9 Å². The van der Waals surface area contributed by atoms with Crippen LogP contribution in [0.15, 0.2) is 29.3 Å². The molecular formula is C21H31ClIN5O3. The largest absolute Gasteiger partial charge is 0.469 e. The number of halogens is 2. The Labute approximate surface area is 206 Å². The third kappa shape index (κ3) is 6.86. The summed E-state index contributed by atoms with van der Waals surface area (Å²) in [5.41, 5.74) is 1.13. The van der Waals surface area contributed by atoms with Crippen LogP contribution in [0.25, 0.3) is 0 Å². The van der Waals surface area contributed by atoms with Crippen molar-refractivity contribution in [3.05, 3.63) is 29.3 Å². The van der Waals surface area contributed by atoms with Gasteiger partial charge in [-0.3, -0.25) is 14.6 Å². The van der Waals surface area contributed by atoms with Gasteiger partial charge in [-0.2, -0.15) is 0 Å². The topological polar surface area (TPSA) is 77.5 Å². The maximum Gasteiger partial charge on any atom is 0.308 e. The lowest BCUT2D eigenvalue weighted by molar-refractivity contribution is -0.146. The Hall–Kier alpha value is -1.75. The van der Waals surface area contributed by atoms with Crippen LogP contribution in [0.3, 0.4) is 0 Å². The molecule has 0 atom stereocenters. The number of likely N-dealkylation sites (tertiary alicyclic amines) is 1. The smallest absolute Gasteiger partial charge is 0.308 e. The molecule has 1 amide bonds. The van der Waals surface area contributed by atoms with Crippen LogP contribution in [0.1, 0.15) is 12.8 Å². The Kier molecular flexibility index (Phi) is 10.1. The van der Waals surface area contributed by atoms with Gasteiger partial charge in [-0.25, -0.2) is 0 Å². The first-order valence-corrected chi connectivity index (χ1v) is 10.7. The normalized spacial score (nSPS) is 17.8. The average molecular weight is 564 g/mol. The quantitative estimate of drug-likeness (QED) is 0.262. The lowest BCUT2D eigenvalue weighted by Gasteiger charge is -2.37. The Morgan fingerprint density at radius 1 is 1.06 bits per heavy atom. The number of carbonyl (C=O) groups is 2. The van der Waals surface area contributed by atoms with Crippen molar-refractivity contribution in [1.82, 2.24) is 15.1 Å². The molecule has 1 N–H and O–H groups in total. The van der Waals surface area contributed by atoms with Crippen LogP contribution in [-0.2, 0) is 14.3 Å². The summed E-state index contributed by atoms with van der Waals surface area (Å²) in [6, 6.07) is 7.79. The Bertz CT molecular complexity index is 761. The molecule has 1 aromatic carbocycles. The van der Waals surface area contributed by atoms with E-state index in [-0.39, 0.29) is 48.3 Å². The Morgan fingerprint density at radius 3 is 2.23 bits per heavy atom. The zero-order chi connectivity index (χ0) is 21.5. The highest BCUT2D eigenvalue weighted by Gasteiger charge is 2.27. The SMILES string of the molecule is CN=C(NCC(=O)N1CCN(c2ccc(Cl)cc2)CC1)N1CCC(C(=O)OC)CC1.I. The first-order chi connectivity index (χ1) is 14.5. The van der Waals surface area contributed by atoms with E-state index in [1.165, 1.54) is 7.11 Å². The number of esters is 1. The Balaban J connectivity index is 0.00000341. The third-order valence-electron chi connectivity index (χ3n) is 5.76. The molecule has 0 unspecified atom stereocenters. The minimum atomic E-state index is -0.148. The maximum absolute atomic E-state index is 12.7. The molecule has 8 nitrogen and oxygen atoms in total. The molecule has 2 aliphatic heterocycles. The van der Waals surface area contributed by atoms with Gasteiger partial charge in [0.25, 0.3) is 0 Å². The lowest BCUT2D eigenvalue weighted by atomic mass is 9.97. The van der Waals surface area contributed by atoms with Crippen LogP contribution in [0, 0.1) is 5.92 Å². The number of piperazine rings is 1. The molecule has 10 heteroatoms. The van der Waals surface area contributed by atoms with Crippen molar-refractivity contribution < 1.29 is 14.3 Å². The summed E-state index contributed by atoms with van der Waals surface area (Å²) in [5.74, 6) is 0.566. The van der Waals surface area contributed by atoms with Gasteiger partial charge in [0.05, 0.1) is 19.6 Å². The number of ether oxygens (including phenoxy) is 1. The molecule has 31 heavy (non-hydrogen) atoms. The molecule has 0 saturated carbocycles. The number of piperidine rings is 1. The second-order valence-corrected chi connectivity index (χ2v) is 7.97. The number of hydrogen-bond acceptors (Lipinski definition) is 5. The van der Waals surface area contributed by atoms with Crippen LogP contribution in [-0.4, -0.2) is 87.6 Å². The fourth-order valence-corrected chi connectivity index (χ4v) is 4.08. The van der Waals surface area contributed by atoms with Gasteiger partial charge in [0.1, 0.15) is 0 Å². The number of rotatable bonds is 4. The van der Waals surface area contributed by atoms with Crippen LogP contribution in [0.5, 0.6) is 0 Å². The Morgan fingerprint density at radius 2 is 1.68 bits per heavy atom. The summed E-state index contributed by atoms with van der Waals surface area (Å²) in [7, 11) is 3.14. The van der Waals surface area contributed by atoms with Crippen LogP contribution < -0.4 is 10.2 Å². The highest BCUT2D eigenvalue weighted by atomic mass is 127. The fourth-order valence-electron chi connectivity index (χ4n) is 3.96. The summed E-state index contributed by atoms with van der Waals surface area (Å²) >= 11 is 5.96. The number of anilines is 1. The molecule has 2 aliphatic rings. The first kappa shape index (κ1) is 25.5. The number of carbonyl (C=O) groups excluding carboxylic acids is 2. The number of hydrogen-bond donors (Lipinski definition) is 1. The van der Waals surface area contributed by atoms with E-state index in [0.29, 0.717) is 32.1 Å². The number of nitrogens with one attached hydrogen (secondary N) is 1. The predicted octanol–water partition coefficient (Wildman–Crippen LogP) is 2.07. The zero-order valence-corrected chi connectivity index (χ0v) is 21.1. The standard InChI is InChI=1S/C21H30ClN5O3.HI/c1-23-21(27-9-7-16(8-10-27)20(29)30-2)24-15-19(28)26-13-11-25(12-14-26)18-5-3-17(22)4-6-18;/h3-6,16H,7-15H2,1-2H3,(H,23,24);1H. The van der Waals surface area contributed by atoms with Crippen molar-refractivity contribution in [2.45, 2.75) is 12.8 Å². The highest BCUT2D eigenvalue weighted by Crippen LogP contribution is 2.20. The average Bonchev–Trinajstić information content (AvgIpc) is 2.80. The number of guanidine groups is 1. The van der Waals surface area contributed by atoms with Crippen LogP contribution in [0.4, 0.5) is 5.69 Å². The third-order valence-corrected chi connectivity index (χ3v) is 6.01. The van der Waals surface area contributed by atoms with E-state index in [2.05, 4.69) is 20.1 Å². The van der Waals surface area contributed by atoms with Crippen molar-refractivity contribution in [2.75, 3.05) is 64.9 Å². The lowest BCUT2D eigenvalue weighted by Crippen LogP contribution is -2.53. The molecule has 2 saturated heterocycles. The monoisotopic (exact) mass is 563 g/mol. The molecule has 2 heterocycles. The van der Waals surface area contributed by atoms with Gasteiger partial charge in [0.15, 0.2) is 5.96 Å². The molecule has 0 aromatic heterocycles. The van der Waals surface area contributed by atoms with E-state index in [1.807, 2.05) is 29.2 Å². The molecular weight excluding hydrogens is 533 g/mol. The molecule has 0 spiro atoms. The van der Waals surface area contributed by atoms with E-state index in [0.717, 1.165) is 36.6 Å². The van der Waals surface area contributed by atoms with E-state index >= 15 is 0 Å². The summed E-state index contributed by atoms with van der Waals surface area (Å²) < 4.78 is 4.84. The van der Waals surface area contributed by atoms with E-state index in [1.54, 1.807) is 7.05 Å². The minimum absolute atomic E-state index is 0. The molecule has 1 aromatic rings. The van der Waals surface area contributed by atoms with Crippen molar-refractivity contribution >= 4 is 59.1 Å². The summed E-state index contributed by atoms with van der Waals surface area (Å²) in [6.45, 7) is 4.61. The number of methoxy groups -OCH3 is 1. The second kappa shape index (κ2) is 12.3. The van der Waals surface area contributed by atoms with Crippen molar-refractivity contribution in [1.29, 1.82) is 0 Å².